The normalized spacial score (nSPS) is 15.5. The van der Waals surface area contributed by atoms with Crippen molar-refractivity contribution in [2.45, 2.75) is 12.3 Å². The molecule has 1 aliphatic rings. The van der Waals surface area contributed by atoms with Crippen LogP contribution in [0.4, 0.5) is 10.1 Å². The van der Waals surface area contributed by atoms with Gasteiger partial charge in [-0.25, -0.2) is 4.39 Å². The Morgan fingerprint density at radius 2 is 1.81 bits per heavy atom. The van der Waals surface area contributed by atoms with Crippen LogP contribution >= 0.6 is 0 Å². The quantitative estimate of drug-likeness (QED) is 0.353. The van der Waals surface area contributed by atoms with Gasteiger partial charge in [-0.2, -0.15) is 5.10 Å². The number of hydrogen-bond acceptors (Lipinski definition) is 6. The Kier molecular flexibility index (Phi) is 5.49. The number of carbonyl (C=O) groups is 1. The van der Waals surface area contributed by atoms with Gasteiger partial charge in [0.05, 0.1) is 23.2 Å². The number of methoxy groups -OCH3 is 2. The van der Waals surface area contributed by atoms with Crippen LogP contribution in [0.25, 0.3) is 11.3 Å². The summed E-state index contributed by atoms with van der Waals surface area (Å²) in [4.78, 5) is 25.3. The number of nitro groups is 1. The third kappa shape index (κ3) is 3.66. The highest BCUT2D eigenvalue weighted by atomic mass is 19.1. The first kappa shape index (κ1) is 20.6. The lowest BCUT2D eigenvalue weighted by molar-refractivity contribution is -0.384. The van der Waals surface area contributed by atoms with Crippen LogP contribution in [0, 0.1) is 15.9 Å². The van der Waals surface area contributed by atoms with Crippen molar-refractivity contribution in [1.29, 1.82) is 0 Å². The van der Waals surface area contributed by atoms with E-state index in [4.69, 9.17) is 9.47 Å². The van der Waals surface area contributed by atoms with E-state index in [0.29, 0.717) is 28.1 Å². The zero-order chi connectivity index (χ0) is 22.1. The van der Waals surface area contributed by atoms with Crippen LogP contribution in [0.15, 0.2) is 48.5 Å². The van der Waals surface area contributed by atoms with Gasteiger partial charge in [0.2, 0.25) is 0 Å². The zero-order valence-corrected chi connectivity index (χ0v) is 16.7. The fourth-order valence-electron chi connectivity index (χ4n) is 3.74. The fourth-order valence-corrected chi connectivity index (χ4v) is 3.74. The second-order valence-corrected chi connectivity index (χ2v) is 6.98. The number of carbonyl (C=O) groups excluding carboxylic acids is 1. The maximum absolute atomic E-state index is 13.4. The lowest BCUT2D eigenvalue weighted by atomic mass is 9.96. The topological polar surface area (TPSA) is 111 Å². The molecule has 0 saturated carbocycles. The minimum Gasteiger partial charge on any atom is -0.354 e. The molecule has 0 radical (unpaired) electrons. The first-order valence-electron chi connectivity index (χ1n) is 9.39. The molecular weight excluding hydrogens is 407 g/mol. The summed E-state index contributed by atoms with van der Waals surface area (Å²) in [5, 5.41) is 18.1. The summed E-state index contributed by atoms with van der Waals surface area (Å²) in [5.41, 5.74) is 2.65. The SMILES string of the molecule is COC(CN1C(=O)c2[nH]nc(-c3ccc(F)cc3)c2C1c1ccc([N+](=O)[O-])cc1)OC. The van der Waals surface area contributed by atoms with Crippen molar-refractivity contribution in [2.24, 2.45) is 0 Å². The molecule has 2 aromatic carbocycles. The van der Waals surface area contributed by atoms with Crippen molar-refractivity contribution in [3.63, 3.8) is 0 Å². The molecule has 1 atom stereocenters. The maximum atomic E-state index is 13.4. The zero-order valence-electron chi connectivity index (χ0n) is 16.7. The number of H-pyrrole nitrogens is 1. The van der Waals surface area contributed by atoms with Gasteiger partial charge in [-0.05, 0) is 42.0 Å². The molecule has 31 heavy (non-hydrogen) atoms. The van der Waals surface area contributed by atoms with E-state index in [9.17, 15) is 19.3 Å². The van der Waals surface area contributed by atoms with E-state index in [1.807, 2.05) is 0 Å². The molecule has 0 aliphatic carbocycles. The van der Waals surface area contributed by atoms with Gasteiger partial charge in [0, 0.05) is 37.5 Å². The molecule has 0 fully saturated rings. The fraction of sp³-hybridized carbons (Fsp3) is 0.238. The number of halogens is 1. The lowest BCUT2D eigenvalue weighted by Crippen LogP contribution is -2.38. The molecular formula is C21H19FN4O5. The largest absolute Gasteiger partial charge is 0.354 e. The smallest absolute Gasteiger partial charge is 0.273 e. The number of nitro benzene ring substituents is 1. The molecule has 1 unspecified atom stereocenters. The second-order valence-electron chi connectivity index (χ2n) is 6.98. The van der Waals surface area contributed by atoms with Crippen molar-refractivity contribution in [1.82, 2.24) is 15.1 Å². The number of rotatable bonds is 7. The Balaban J connectivity index is 1.83. The summed E-state index contributed by atoms with van der Waals surface area (Å²) in [6, 6.07) is 11.2. The van der Waals surface area contributed by atoms with E-state index in [0.717, 1.165) is 0 Å². The van der Waals surface area contributed by atoms with E-state index < -0.39 is 17.3 Å². The molecule has 9 nitrogen and oxygen atoms in total. The second kappa shape index (κ2) is 8.25. The third-order valence-corrected chi connectivity index (χ3v) is 5.27. The van der Waals surface area contributed by atoms with E-state index in [2.05, 4.69) is 10.2 Å². The summed E-state index contributed by atoms with van der Waals surface area (Å²) >= 11 is 0. The molecule has 2 heterocycles. The summed E-state index contributed by atoms with van der Waals surface area (Å²) in [6.45, 7) is 0.124. The Morgan fingerprint density at radius 3 is 2.39 bits per heavy atom. The highest BCUT2D eigenvalue weighted by Crippen LogP contribution is 2.43. The Morgan fingerprint density at radius 1 is 1.16 bits per heavy atom. The van der Waals surface area contributed by atoms with E-state index in [-0.39, 0.29) is 24.0 Å². The number of non-ortho nitro benzene ring substituents is 1. The summed E-state index contributed by atoms with van der Waals surface area (Å²) in [6.07, 6.45) is -0.671. The molecule has 1 N–H and O–H groups in total. The number of nitrogens with one attached hydrogen (secondary N) is 1. The van der Waals surface area contributed by atoms with Crippen LogP contribution in [0.3, 0.4) is 0 Å². The summed E-state index contributed by atoms with van der Waals surface area (Å²) in [5.74, 6) is -0.693. The van der Waals surface area contributed by atoms with Gasteiger partial charge < -0.3 is 14.4 Å². The number of fused-ring (bicyclic) bond motifs is 1. The number of benzene rings is 2. The van der Waals surface area contributed by atoms with Crippen LogP contribution in [0.5, 0.6) is 0 Å². The lowest BCUT2D eigenvalue weighted by Gasteiger charge is -2.29. The molecule has 4 rings (SSSR count). The number of hydrogen-bond donors (Lipinski definition) is 1. The van der Waals surface area contributed by atoms with Crippen LogP contribution in [0.1, 0.15) is 27.7 Å². The van der Waals surface area contributed by atoms with Crippen LogP contribution in [-0.2, 0) is 9.47 Å². The van der Waals surface area contributed by atoms with Gasteiger partial charge in [0.1, 0.15) is 11.5 Å². The Bertz CT molecular complexity index is 1110. The van der Waals surface area contributed by atoms with Crippen molar-refractivity contribution in [3.05, 3.63) is 81.3 Å². The predicted molar refractivity (Wildman–Crippen MR) is 108 cm³/mol. The number of nitrogens with zero attached hydrogens (tertiary/aromatic N) is 3. The Labute approximate surface area is 176 Å². The molecule has 0 spiro atoms. The van der Waals surface area contributed by atoms with Crippen molar-refractivity contribution in [2.75, 3.05) is 20.8 Å². The third-order valence-electron chi connectivity index (χ3n) is 5.27. The number of amides is 1. The van der Waals surface area contributed by atoms with Gasteiger partial charge in [0.15, 0.2) is 6.29 Å². The van der Waals surface area contributed by atoms with Crippen molar-refractivity contribution >= 4 is 11.6 Å². The first-order valence-corrected chi connectivity index (χ1v) is 9.39. The van der Waals surface area contributed by atoms with Crippen LogP contribution < -0.4 is 0 Å². The highest BCUT2D eigenvalue weighted by molar-refractivity contribution is 6.00. The van der Waals surface area contributed by atoms with Gasteiger partial charge in [-0.15, -0.1) is 0 Å². The molecule has 160 valence electrons. The molecule has 10 heteroatoms. The van der Waals surface area contributed by atoms with E-state index in [1.54, 1.807) is 29.2 Å². The highest BCUT2D eigenvalue weighted by Gasteiger charge is 2.43. The van der Waals surface area contributed by atoms with Gasteiger partial charge >= 0.3 is 0 Å². The summed E-state index contributed by atoms with van der Waals surface area (Å²) < 4.78 is 24.0. The molecule has 3 aromatic rings. The average molecular weight is 426 g/mol. The summed E-state index contributed by atoms with van der Waals surface area (Å²) in [7, 11) is 2.95. The van der Waals surface area contributed by atoms with Crippen molar-refractivity contribution in [3.8, 4) is 11.3 Å². The predicted octanol–water partition coefficient (Wildman–Crippen LogP) is 3.29. The Hall–Kier alpha value is -3.63. The van der Waals surface area contributed by atoms with E-state index in [1.165, 1.54) is 38.5 Å². The van der Waals surface area contributed by atoms with Gasteiger partial charge in [-0.3, -0.25) is 20.0 Å². The monoisotopic (exact) mass is 426 g/mol. The van der Waals surface area contributed by atoms with Crippen molar-refractivity contribution < 1.29 is 23.6 Å². The molecule has 1 aromatic heterocycles. The molecule has 1 aliphatic heterocycles. The minimum atomic E-state index is -0.671. The standard InChI is InChI=1S/C21H19FN4O5/c1-30-16(31-2)11-25-20(13-5-9-15(10-6-13)26(28)29)17-18(23-24-19(17)21(25)27)12-3-7-14(22)8-4-12/h3-10,16,20H,11H2,1-2H3,(H,23,24). The average Bonchev–Trinajstić information content (AvgIpc) is 3.31. The molecule has 0 saturated heterocycles. The number of ether oxygens (including phenoxy) is 2. The van der Waals surface area contributed by atoms with Crippen LogP contribution in [-0.4, -0.2) is 53.0 Å². The first-order chi connectivity index (χ1) is 14.9. The number of aromatic nitrogens is 2. The van der Waals surface area contributed by atoms with Gasteiger partial charge in [0.25, 0.3) is 11.6 Å². The minimum absolute atomic E-state index is 0.0579. The van der Waals surface area contributed by atoms with Gasteiger partial charge in [-0.1, -0.05) is 0 Å². The molecule has 1 amide bonds. The number of aromatic amines is 1. The van der Waals surface area contributed by atoms with Crippen LogP contribution in [0.2, 0.25) is 0 Å². The van der Waals surface area contributed by atoms with E-state index >= 15 is 0 Å². The maximum Gasteiger partial charge on any atom is 0.273 e. The molecule has 0 bridgehead atoms.